The van der Waals surface area contributed by atoms with Crippen LogP contribution in [0.2, 0.25) is 0 Å². The zero-order valence-corrected chi connectivity index (χ0v) is 14.3. The summed E-state index contributed by atoms with van der Waals surface area (Å²) in [5.41, 5.74) is 5.64. The first-order chi connectivity index (χ1) is 11.8. The molecule has 3 heterocycles. The van der Waals surface area contributed by atoms with E-state index in [0.717, 1.165) is 38.3 Å². The highest BCUT2D eigenvalue weighted by molar-refractivity contribution is 5.78. The Kier molecular flexibility index (Phi) is 4.17. The number of rotatable bonds is 2. The maximum atomic E-state index is 11.5. The molecular weight excluding hydrogens is 298 g/mol. The van der Waals surface area contributed by atoms with Crippen molar-refractivity contribution in [2.75, 3.05) is 43.4 Å². The fourth-order valence-corrected chi connectivity index (χ4v) is 4.14. The molecule has 4 nitrogen and oxygen atoms in total. The van der Waals surface area contributed by atoms with Crippen molar-refractivity contribution >= 4 is 17.3 Å². The van der Waals surface area contributed by atoms with Crippen LogP contribution in [0.4, 0.5) is 11.4 Å². The summed E-state index contributed by atoms with van der Waals surface area (Å²) in [6, 6.07) is 6.61. The van der Waals surface area contributed by atoms with Crippen LogP contribution < -0.4 is 10.2 Å². The Morgan fingerprint density at radius 1 is 1.17 bits per heavy atom. The summed E-state index contributed by atoms with van der Waals surface area (Å²) in [5.74, 6) is 2.22. The monoisotopic (exact) mass is 323 g/mol. The fraction of sp³-hybridized carbons (Fsp3) is 0.500. The third-order valence-corrected chi connectivity index (χ3v) is 5.55. The first kappa shape index (κ1) is 15.5. The molecule has 1 aromatic carbocycles. The summed E-state index contributed by atoms with van der Waals surface area (Å²) in [7, 11) is 2.14. The Balaban J connectivity index is 1.69. The first-order valence-corrected chi connectivity index (χ1v) is 9.04. The molecular formula is C20H25N3O. The van der Waals surface area contributed by atoms with E-state index in [4.69, 9.17) is 0 Å². The van der Waals surface area contributed by atoms with Crippen molar-refractivity contribution in [3.8, 4) is 0 Å². The Bertz CT molecular complexity index is 712. The van der Waals surface area contributed by atoms with Gasteiger partial charge in [-0.2, -0.15) is 0 Å². The Hall–Kier alpha value is -2.03. The van der Waals surface area contributed by atoms with Crippen LogP contribution in [0.1, 0.15) is 37.2 Å². The summed E-state index contributed by atoms with van der Waals surface area (Å²) in [6.45, 7) is 4.29. The Labute approximate surface area is 143 Å². The van der Waals surface area contributed by atoms with Gasteiger partial charge in [0.15, 0.2) is 0 Å². The summed E-state index contributed by atoms with van der Waals surface area (Å²) in [5, 5.41) is 3.29. The molecule has 0 radical (unpaired) electrons. The summed E-state index contributed by atoms with van der Waals surface area (Å²) >= 11 is 0. The minimum Gasteiger partial charge on any atom is -0.372 e. The van der Waals surface area contributed by atoms with Crippen molar-refractivity contribution in [1.29, 1.82) is 0 Å². The molecule has 1 atom stereocenters. The maximum Gasteiger partial charge on any atom is 0.146 e. The number of nitrogens with zero attached hydrogens (tertiary/aromatic N) is 2. The van der Waals surface area contributed by atoms with E-state index >= 15 is 0 Å². The number of hydrogen-bond acceptors (Lipinski definition) is 4. The summed E-state index contributed by atoms with van der Waals surface area (Å²) in [4.78, 5) is 16.3. The lowest BCUT2D eigenvalue weighted by atomic mass is 9.87. The molecule has 0 spiro atoms. The van der Waals surface area contributed by atoms with Crippen LogP contribution in [0.25, 0.3) is 0 Å². The van der Waals surface area contributed by atoms with E-state index in [1.165, 1.54) is 36.1 Å². The fourth-order valence-electron chi connectivity index (χ4n) is 4.14. The molecule has 0 aliphatic carbocycles. The van der Waals surface area contributed by atoms with Gasteiger partial charge >= 0.3 is 0 Å². The van der Waals surface area contributed by atoms with Gasteiger partial charge in [-0.1, -0.05) is 11.6 Å². The lowest BCUT2D eigenvalue weighted by Crippen LogP contribution is -2.29. The van der Waals surface area contributed by atoms with Crippen LogP contribution in [0.3, 0.4) is 0 Å². The van der Waals surface area contributed by atoms with E-state index in [1.807, 2.05) is 0 Å². The minimum atomic E-state index is 0.0657. The van der Waals surface area contributed by atoms with Gasteiger partial charge in [0.1, 0.15) is 11.6 Å². The van der Waals surface area contributed by atoms with E-state index in [9.17, 15) is 4.79 Å². The molecule has 0 amide bonds. The second-order valence-electron chi connectivity index (χ2n) is 7.18. The van der Waals surface area contributed by atoms with Crippen LogP contribution in [-0.4, -0.2) is 44.1 Å². The number of allylic oxidation sites excluding steroid dienone is 1. The van der Waals surface area contributed by atoms with E-state index < -0.39 is 0 Å². The molecule has 1 unspecified atom stereocenters. The van der Waals surface area contributed by atoms with Crippen LogP contribution in [0.5, 0.6) is 0 Å². The predicted molar refractivity (Wildman–Crippen MR) is 98.3 cm³/mol. The number of carbonyl (C=O) groups excluding carboxylic acids is 1. The number of nitrogens with one attached hydrogen (secondary N) is 1. The molecule has 1 saturated heterocycles. The highest BCUT2D eigenvalue weighted by Crippen LogP contribution is 2.45. The van der Waals surface area contributed by atoms with Gasteiger partial charge in [-0.25, -0.2) is 4.79 Å². The Morgan fingerprint density at radius 2 is 2.00 bits per heavy atom. The van der Waals surface area contributed by atoms with E-state index in [1.54, 1.807) is 0 Å². The molecule has 24 heavy (non-hydrogen) atoms. The average molecular weight is 323 g/mol. The number of anilines is 2. The van der Waals surface area contributed by atoms with Crippen molar-refractivity contribution in [1.82, 2.24) is 4.90 Å². The lowest BCUT2D eigenvalue weighted by Gasteiger charge is -2.30. The van der Waals surface area contributed by atoms with Crippen LogP contribution in [-0.2, 0) is 4.79 Å². The smallest absolute Gasteiger partial charge is 0.146 e. The van der Waals surface area contributed by atoms with Gasteiger partial charge in [0.05, 0.1) is 5.92 Å². The molecule has 1 fully saturated rings. The third kappa shape index (κ3) is 2.77. The van der Waals surface area contributed by atoms with E-state index in [-0.39, 0.29) is 5.92 Å². The topological polar surface area (TPSA) is 35.6 Å². The second kappa shape index (κ2) is 6.46. The van der Waals surface area contributed by atoms with Gasteiger partial charge in [-0.15, -0.1) is 0 Å². The van der Waals surface area contributed by atoms with Crippen molar-refractivity contribution in [3.05, 3.63) is 41.1 Å². The van der Waals surface area contributed by atoms with Crippen molar-refractivity contribution in [2.24, 2.45) is 0 Å². The molecule has 3 aliphatic heterocycles. The quantitative estimate of drug-likeness (QED) is 0.670. The van der Waals surface area contributed by atoms with E-state index in [2.05, 4.69) is 52.4 Å². The van der Waals surface area contributed by atoms with Gasteiger partial charge in [0.25, 0.3) is 0 Å². The molecule has 126 valence electrons. The van der Waals surface area contributed by atoms with Gasteiger partial charge in [-0.05, 0) is 56.5 Å². The highest BCUT2D eigenvalue weighted by atomic mass is 16.1. The van der Waals surface area contributed by atoms with Gasteiger partial charge < -0.3 is 15.1 Å². The highest BCUT2D eigenvalue weighted by Gasteiger charge is 2.32. The van der Waals surface area contributed by atoms with Gasteiger partial charge in [0.2, 0.25) is 0 Å². The van der Waals surface area contributed by atoms with Gasteiger partial charge in [0, 0.05) is 37.6 Å². The van der Waals surface area contributed by atoms with E-state index in [0.29, 0.717) is 5.70 Å². The second-order valence-corrected chi connectivity index (χ2v) is 7.18. The minimum absolute atomic E-state index is 0.0657. The largest absolute Gasteiger partial charge is 0.372 e. The average Bonchev–Trinajstić information content (AvgIpc) is 3.01. The molecule has 0 bridgehead atoms. The maximum absolute atomic E-state index is 11.5. The standard InChI is InChI=1S/C20H25N3O/c1-22-11-7-15(8-12-22)20-17-13-16(23-9-3-2-4-10-23)5-6-18(17)21-19(20)14-24/h5-7,13,20-21H,2-4,8-12H2,1H3. The molecule has 4 rings (SSSR count). The normalized spacial score (nSPS) is 24.2. The summed E-state index contributed by atoms with van der Waals surface area (Å²) in [6.07, 6.45) is 7.19. The molecule has 4 heteroatoms. The Morgan fingerprint density at radius 3 is 2.71 bits per heavy atom. The van der Waals surface area contributed by atoms with Crippen LogP contribution >= 0.6 is 0 Å². The molecule has 0 aromatic heterocycles. The van der Waals surface area contributed by atoms with Crippen molar-refractivity contribution in [3.63, 3.8) is 0 Å². The zero-order valence-electron chi connectivity index (χ0n) is 14.3. The molecule has 0 saturated carbocycles. The predicted octanol–water partition coefficient (Wildman–Crippen LogP) is 3.16. The van der Waals surface area contributed by atoms with Gasteiger partial charge in [-0.3, -0.25) is 0 Å². The zero-order chi connectivity index (χ0) is 16.5. The van der Waals surface area contributed by atoms with Crippen LogP contribution in [0, 0.1) is 0 Å². The number of likely N-dealkylation sites (N-methyl/N-ethyl adjacent to an activating group) is 1. The molecule has 1 aromatic rings. The number of benzene rings is 1. The van der Waals surface area contributed by atoms with Crippen LogP contribution in [0.15, 0.2) is 35.5 Å². The van der Waals surface area contributed by atoms with Crippen molar-refractivity contribution < 1.29 is 4.79 Å². The van der Waals surface area contributed by atoms with Crippen molar-refractivity contribution in [2.45, 2.75) is 31.6 Å². The lowest BCUT2D eigenvalue weighted by molar-refractivity contribution is 0.355. The first-order valence-electron chi connectivity index (χ1n) is 9.04. The SMILES string of the molecule is CN1CC=C(C2C(=C=O)Nc3ccc(N4CCCCC4)cc32)CC1. The number of piperidine rings is 1. The molecule has 3 aliphatic rings. The third-order valence-electron chi connectivity index (χ3n) is 5.55. The number of fused-ring (bicyclic) bond motifs is 1. The molecule has 1 N–H and O–H groups in total. The number of hydrogen-bond donors (Lipinski definition) is 1. The summed E-state index contributed by atoms with van der Waals surface area (Å²) < 4.78 is 0.